The van der Waals surface area contributed by atoms with E-state index in [4.69, 9.17) is 12.2 Å². The van der Waals surface area contributed by atoms with Gasteiger partial charge in [-0.05, 0) is 38.6 Å². The van der Waals surface area contributed by atoms with E-state index >= 15 is 0 Å². The fraction of sp³-hybridized carbons (Fsp3) is 0.769. The van der Waals surface area contributed by atoms with Crippen molar-refractivity contribution in [2.75, 3.05) is 6.54 Å². The Morgan fingerprint density at radius 1 is 1.31 bits per heavy atom. The number of carbonyl (C=O) groups excluding carboxylic acids is 1. The zero-order valence-electron chi connectivity index (χ0n) is 10.9. The Morgan fingerprint density at radius 2 is 1.88 bits per heavy atom. The van der Waals surface area contributed by atoms with Gasteiger partial charge in [-0.1, -0.05) is 19.8 Å². The summed E-state index contributed by atoms with van der Waals surface area (Å²) in [5, 5.41) is 2.81. The molecule has 16 heavy (non-hydrogen) atoms. The number of rotatable bonds is 6. The van der Waals surface area contributed by atoms with Crippen molar-refractivity contribution >= 4 is 5.91 Å². The molecular weight excluding hydrogens is 200 g/mol. The molecule has 0 aliphatic heterocycles. The van der Waals surface area contributed by atoms with Crippen LogP contribution >= 0.6 is 0 Å². The number of nitrogens with one attached hydrogen (secondary N) is 1. The van der Waals surface area contributed by atoms with Crippen LogP contribution in [0.5, 0.6) is 0 Å². The molecule has 0 aromatic carbocycles. The minimum atomic E-state index is -0.560. The summed E-state index contributed by atoms with van der Waals surface area (Å²) in [7, 11) is 0. The van der Waals surface area contributed by atoms with Crippen molar-refractivity contribution in [3.63, 3.8) is 0 Å². The molecule has 3 heteroatoms. The van der Waals surface area contributed by atoms with E-state index in [0.29, 0.717) is 13.0 Å². The molecule has 0 atom stereocenters. The van der Waals surface area contributed by atoms with Gasteiger partial charge in [0.15, 0.2) is 0 Å². The summed E-state index contributed by atoms with van der Waals surface area (Å²) in [5.41, 5.74) is 5.07. The second-order valence-electron chi connectivity index (χ2n) is 5.52. The highest BCUT2D eigenvalue weighted by Gasteiger charge is 2.21. The van der Waals surface area contributed by atoms with Gasteiger partial charge in [-0.15, -0.1) is 6.42 Å². The topological polar surface area (TPSA) is 55.1 Å². The molecule has 1 amide bonds. The van der Waals surface area contributed by atoms with Gasteiger partial charge in [0, 0.05) is 6.42 Å². The number of carbonyl (C=O) groups is 1. The summed E-state index contributed by atoms with van der Waals surface area (Å²) in [5.74, 6) is 2.55. The fourth-order valence-electron chi connectivity index (χ4n) is 1.41. The van der Waals surface area contributed by atoms with Gasteiger partial charge in [0.05, 0.1) is 5.54 Å². The molecule has 0 heterocycles. The normalized spacial score (nSPS) is 12.0. The maximum absolute atomic E-state index is 11.6. The Labute approximate surface area is 99.2 Å². The average Bonchev–Trinajstić information content (AvgIpc) is 2.14. The Balaban J connectivity index is 4.05. The van der Waals surface area contributed by atoms with Crippen molar-refractivity contribution in [1.29, 1.82) is 0 Å². The Morgan fingerprint density at radius 3 is 2.31 bits per heavy atom. The SMILES string of the molecule is C#CC(C)(C)NC(=O)CCC(C)(C)CCN. The zero-order chi connectivity index (χ0) is 12.8. The molecule has 0 aromatic rings. The molecule has 3 N–H and O–H groups in total. The standard InChI is InChI=1S/C13H24N2O/c1-6-13(4,5)15-11(16)7-8-12(2,3)9-10-14/h1H,7-10,14H2,2-5H3,(H,15,16). The van der Waals surface area contributed by atoms with Gasteiger partial charge in [0.25, 0.3) is 0 Å². The molecule has 3 nitrogen and oxygen atoms in total. The highest BCUT2D eigenvalue weighted by atomic mass is 16.1. The Hall–Kier alpha value is -1.01. The van der Waals surface area contributed by atoms with Crippen molar-refractivity contribution in [1.82, 2.24) is 5.32 Å². The molecule has 0 saturated heterocycles. The first-order chi connectivity index (χ1) is 7.22. The van der Waals surface area contributed by atoms with E-state index in [-0.39, 0.29) is 11.3 Å². The maximum Gasteiger partial charge on any atom is 0.221 e. The third-order valence-electron chi connectivity index (χ3n) is 2.66. The highest BCUT2D eigenvalue weighted by molar-refractivity contribution is 5.77. The first-order valence-electron chi connectivity index (χ1n) is 5.71. The largest absolute Gasteiger partial charge is 0.340 e. The van der Waals surface area contributed by atoms with Gasteiger partial charge >= 0.3 is 0 Å². The lowest BCUT2D eigenvalue weighted by molar-refractivity contribution is -0.122. The molecule has 0 aliphatic carbocycles. The van der Waals surface area contributed by atoms with Gasteiger partial charge < -0.3 is 11.1 Å². The van der Waals surface area contributed by atoms with Crippen LogP contribution in [-0.4, -0.2) is 18.0 Å². The summed E-state index contributed by atoms with van der Waals surface area (Å²) in [6, 6.07) is 0. The monoisotopic (exact) mass is 224 g/mol. The number of hydrogen-bond donors (Lipinski definition) is 2. The molecule has 92 valence electrons. The van der Waals surface area contributed by atoms with Crippen LogP contribution in [0.25, 0.3) is 0 Å². The van der Waals surface area contributed by atoms with E-state index in [1.165, 1.54) is 0 Å². The minimum Gasteiger partial charge on any atom is -0.340 e. The third kappa shape index (κ3) is 6.47. The highest BCUT2D eigenvalue weighted by Crippen LogP contribution is 2.25. The Kier molecular flexibility index (Phi) is 5.53. The lowest BCUT2D eigenvalue weighted by atomic mass is 9.84. The van der Waals surface area contributed by atoms with Crippen LogP contribution in [0.1, 0.15) is 47.0 Å². The molecule has 0 fully saturated rings. The molecular formula is C13H24N2O. The Bertz CT molecular complexity index is 274. The second-order valence-corrected chi connectivity index (χ2v) is 5.52. The number of terminal acetylenes is 1. The van der Waals surface area contributed by atoms with Gasteiger partial charge in [-0.3, -0.25) is 4.79 Å². The molecule has 0 unspecified atom stereocenters. The van der Waals surface area contributed by atoms with Crippen molar-refractivity contribution in [3.05, 3.63) is 0 Å². The van der Waals surface area contributed by atoms with Crippen LogP contribution in [0, 0.1) is 17.8 Å². The average molecular weight is 224 g/mol. The quantitative estimate of drug-likeness (QED) is 0.674. The van der Waals surface area contributed by atoms with Crippen molar-refractivity contribution in [3.8, 4) is 12.3 Å². The molecule has 0 aliphatic rings. The molecule has 0 aromatic heterocycles. The predicted molar refractivity (Wildman–Crippen MR) is 67.7 cm³/mol. The van der Waals surface area contributed by atoms with Crippen LogP contribution in [0.15, 0.2) is 0 Å². The number of hydrogen-bond acceptors (Lipinski definition) is 2. The van der Waals surface area contributed by atoms with E-state index in [9.17, 15) is 4.79 Å². The summed E-state index contributed by atoms with van der Waals surface area (Å²) in [6.07, 6.45) is 7.56. The molecule has 0 rings (SSSR count). The molecule has 0 radical (unpaired) electrons. The van der Waals surface area contributed by atoms with Crippen LogP contribution in [-0.2, 0) is 4.79 Å². The smallest absolute Gasteiger partial charge is 0.221 e. The summed E-state index contributed by atoms with van der Waals surface area (Å²) >= 11 is 0. The third-order valence-corrected chi connectivity index (χ3v) is 2.66. The van der Waals surface area contributed by atoms with E-state index in [1.807, 2.05) is 13.8 Å². The van der Waals surface area contributed by atoms with Crippen LogP contribution in [0.3, 0.4) is 0 Å². The fourth-order valence-corrected chi connectivity index (χ4v) is 1.41. The molecule has 0 bridgehead atoms. The lowest BCUT2D eigenvalue weighted by Gasteiger charge is -2.25. The molecule has 0 spiro atoms. The zero-order valence-corrected chi connectivity index (χ0v) is 10.9. The van der Waals surface area contributed by atoms with Gasteiger partial charge in [-0.2, -0.15) is 0 Å². The van der Waals surface area contributed by atoms with Crippen molar-refractivity contribution in [2.45, 2.75) is 52.5 Å². The summed E-state index contributed by atoms with van der Waals surface area (Å²) in [4.78, 5) is 11.6. The summed E-state index contributed by atoms with van der Waals surface area (Å²) < 4.78 is 0. The van der Waals surface area contributed by atoms with Gasteiger partial charge in [0.1, 0.15) is 0 Å². The van der Waals surface area contributed by atoms with Gasteiger partial charge in [-0.25, -0.2) is 0 Å². The first kappa shape index (κ1) is 15.0. The molecule has 0 saturated carbocycles. The number of nitrogens with two attached hydrogens (primary N) is 1. The maximum atomic E-state index is 11.6. The van der Waals surface area contributed by atoms with E-state index in [2.05, 4.69) is 25.1 Å². The first-order valence-corrected chi connectivity index (χ1v) is 5.71. The second kappa shape index (κ2) is 5.91. The van der Waals surface area contributed by atoms with Crippen LogP contribution in [0.4, 0.5) is 0 Å². The van der Waals surface area contributed by atoms with Crippen molar-refractivity contribution < 1.29 is 4.79 Å². The minimum absolute atomic E-state index is 0.00745. The summed E-state index contributed by atoms with van der Waals surface area (Å²) in [6.45, 7) is 8.54. The van der Waals surface area contributed by atoms with E-state index in [0.717, 1.165) is 12.8 Å². The predicted octanol–water partition coefficient (Wildman–Crippen LogP) is 1.67. The van der Waals surface area contributed by atoms with E-state index < -0.39 is 5.54 Å². The van der Waals surface area contributed by atoms with E-state index in [1.54, 1.807) is 0 Å². The van der Waals surface area contributed by atoms with Crippen LogP contribution < -0.4 is 11.1 Å². The van der Waals surface area contributed by atoms with Crippen LogP contribution in [0.2, 0.25) is 0 Å². The van der Waals surface area contributed by atoms with Gasteiger partial charge in [0.2, 0.25) is 5.91 Å². The lowest BCUT2D eigenvalue weighted by Crippen LogP contribution is -2.42. The number of amides is 1. The van der Waals surface area contributed by atoms with Crippen molar-refractivity contribution in [2.24, 2.45) is 11.1 Å².